The number of aliphatic hydroxyl groups excluding tert-OH is 3. The lowest BCUT2D eigenvalue weighted by Crippen LogP contribution is -2.58. The van der Waals surface area contributed by atoms with Crippen molar-refractivity contribution < 1.29 is 20.1 Å². The van der Waals surface area contributed by atoms with Gasteiger partial charge in [-0.25, -0.2) is 0 Å². The van der Waals surface area contributed by atoms with E-state index < -0.39 is 25.4 Å². The molecule has 17 heavy (non-hydrogen) atoms. The lowest BCUT2D eigenvalue weighted by atomic mass is 9.87. The Bertz CT molecular complexity index is 282. The highest BCUT2D eigenvalue weighted by molar-refractivity contribution is 5.80. The molecule has 2 bridgehead atoms. The molecule has 0 aromatic rings. The lowest BCUT2D eigenvalue weighted by molar-refractivity contribution is -0.130. The molecular formula is C12H21NO4. The van der Waals surface area contributed by atoms with E-state index in [4.69, 9.17) is 15.3 Å². The summed E-state index contributed by atoms with van der Waals surface area (Å²) in [5, 5.41) is 30.1. The zero-order valence-electron chi connectivity index (χ0n) is 9.93. The van der Waals surface area contributed by atoms with Gasteiger partial charge in [-0.3, -0.25) is 4.79 Å². The van der Waals surface area contributed by atoms with Gasteiger partial charge in [0, 0.05) is 5.92 Å². The number of carbonyl (C=O) groups excluding carboxylic acids is 1. The van der Waals surface area contributed by atoms with Crippen LogP contribution in [0.5, 0.6) is 0 Å². The first-order valence-corrected chi connectivity index (χ1v) is 6.28. The summed E-state index contributed by atoms with van der Waals surface area (Å²) in [4.78, 5) is 12.1. The van der Waals surface area contributed by atoms with Crippen LogP contribution < -0.4 is 5.32 Å². The summed E-state index contributed by atoms with van der Waals surface area (Å²) in [5.74, 6) is 0.989. The summed E-state index contributed by atoms with van der Waals surface area (Å²) < 4.78 is 0. The second kappa shape index (κ2) is 4.92. The molecule has 2 fully saturated rings. The first-order valence-electron chi connectivity index (χ1n) is 6.28. The van der Waals surface area contributed by atoms with E-state index in [1.54, 1.807) is 0 Å². The molecule has 5 nitrogen and oxygen atoms in total. The number of hydrogen-bond acceptors (Lipinski definition) is 4. The molecule has 2 rings (SSSR count). The SMILES string of the molecule is O=C(NC(CO)(CO)CO)C1CC2CCC1C2. The minimum absolute atomic E-state index is 0.00206. The highest BCUT2D eigenvalue weighted by Crippen LogP contribution is 2.48. The average Bonchev–Trinajstić information content (AvgIpc) is 2.98. The predicted molar refractivity (Wildman–Crippen MR) is 61.1 cm³/mol. The van der Waals surface area contributed by atoms with Gasteiger partial charge < -0.3 is 20.6 Å². The van der Waals surface area contributed by atoms with Gasteiger partial charge in [-0.1, -0.05) is 6.42 Å². The van der Waals surface area contributed by atoms with Crippen molar-refractivity contribution in [2.45, 2.75) is 31.2 Å². The molecule has 0 spiro atoms. The van der Waals surface area contributed by atoms with E-state index in [-0.39, 0.29) is 11.8 Å². The molecule has 2 aliphatic carbocycles. The van der Waals surface area contributed by atoms with Crippen molar-refractivity contribution in [3.05, 3.63) is 0 Å². The number of amides is 1. The monoisotopic (exact) mass is 243 g/mol. The Morgan fingerprint density at radius 2 is 1.76 bits per heavy atom. The molecule has 0 radical (unpaired) electrons. The molecule has 0 aromatic heterocycles. The molecule has 5 heteroatoms. The predicted octanol–water partition coefficient (Wildman–Crippen LogP) is -0.746. The highest BCUT2D eigenvalue weighted by Gasteiger charge is 2.44. The third kappa shape index (κ3) is 2.32. The summed E-state index contributed by atoms with van der Waals surface area (Å²) in [7, 11) is 0. The molecule has 3 atom stereocenters. The van der Waals surface area contributed by atoms with E-state index in [2.05, 4.69) is 5.32 Å². The van der Waals surface area contributed by atoms with Gasteiger partial charge in [0.25, 0.3) is 0 Å². The Hall–Kier alpha value is -0.650. The summed E-state index contributed by atoms with van der Waals surface area (Å²) in [5.41, 5.74) is -1.28. The smallest absolute Gasteiger partial charge is 0.224 e. The van der Waals surface area contributed by atoms with Crippen LogP contribution in [-0.2, 0) is 4.79 Å². The van der Waals surface area contributed by atoms with Crippen LogP contribution in [-0.4, -0.2) is 46.6 Å². The molecule has 4 N–H and O–H groups in total. The van der Waals surface area contributed by atoms with Gasteiger partial charge in [0.05, 0.1) is 19.8 Å². The molecule has 3 unspecified atom stereocenters. The van der Waals surface area contributed by atoms with Crippen LogP contribution in [0.2, 0.25) is 0 Å². The number of carbonyl (C=O) groups is 1. The second-order valence-electron chi connectivity index (χ2n) is 5.53. The largest absolute Gasteiger partial charge is 0.394 e. The number of hydrogen-bond donors (Lipinski definition) is 4. The molecule has 0 saturated heterocycles. The Labute approximate surface area is 101 Å². The highest BCUT2D eigenvalue weighted by atomic mass is 16.3. The van der Waals surface area contributed by atoms with Crippen LogP contribution in [0.3, 0.4) is 0 Å². The van der Waals surface area contributed by atoms with Gasteiger partial charge >= 0.3 is 0 Å². The summed E-state index contributed by atoms with van der Waals surface area (Å²) >= 11 is 0. The first-order chi connectivity index (χ1) is 8.14. The molecule has 1 amide bonds. The van der Waals surface area contributed by atoms with Crippen molar-refractivity contribution in [2.24, 2.45) is 17.8 Å². The maximum atomic E-state index is 12.1. The fraction of sp³-hybridized carbons (Fsp3) is 0.917. The Morgan fingerprint density at radius 3 is 2.18 bits per heavy atom. The van der Waals surface area contributed by atoms with E-state index in [0.29, 0.717) is 11.8 Å². The van der Waals surface area contributed by atoms with Crippen LogP contribution in [0, 0.1) is 17.8 Å². The van der Waals surface area contributed by atoms with E-state index in [1.165, 1.54) is 6.42 Å². The lowest BCUT2D eigenvalue weighted by Gasteiger charge is -2.31. The first kappa shape index (κ1) is 12.8. The molecule has 0 aromatic carbocycles. The third-order valence-electron chi connectivity index (χ3n) is 4.37. The van der Waals surface area contributed by atoms with Crippen LogP contribution >= 0.6 is 0 Å². The zero-order valence-corrected chi connectivity index (χ0v) is 9.93. The normalized spacial score (nSPS) is 31.8. The fourth-order valence-corrected chi connectivity index (χ4v) is 3.19. The number of rotatable bonds is 5. The van der Waals surface area contributed by atoms with Gasteiger partial charge in [0.1, 0.15) is 5.54 Å². The van der Waals surface area contributed by atoms with Gasteiger partial charge in [-0.2, -0.15) is 0 Å². The summed E-state index contributed by atoms with van der Waals surface area (Å²) in [6, 6.07) is 0. The Morgan fingerprint density at radius 1 is 1.12 bits per heavy atom. The van der Waals surface area contributed by atoms with E-state index in [9.17, 15) is 4.79 Å². The van der Waals surface area contributed by atoms with Crippen molar-refractivity contribution in [3.8, 4) is 0 Å². The van der Waals surface area contributed by atoms with Crippen molar-refractivity contribution in [1.29, 1.82) is 0 Å². The van der Waals surface area contributed by atoms with Crippen molar-refractivity contribution >= 4 is 5.91 Å². The second-order valence-corrected chi connectivity index (χ2v) is 5.53. The Balaban J connectivity index is 1.96. The molecule has 2 saturated carbocycles. The number of fused-ring (bicyclic) bond motifs is 2. The molecular weight excluding hydrogens is 222 g/mol. The minimum atomic E-state index is -1.28. The van der Waals surface area contributed by atoms with Gasteiger partial charge in [0.15, 0.2) is 0 Å². The topological polar surface area (TPSA) is 89.8 Å². The average molecular weight is 243 g/mol. The van der Waals surface area contributed by atoms with Crippen LogP contribution in [0.15, 0.2) is 0 Å². The molecule has 0 aliphatic heterocycles. The summed E-state index contributed by atoms with van der Waals surface area (Å²) in [6.07, 6.45) is 4.37. The molecule has 98 valence electrons. The van der Waals surface area contributed by atoms with Gasteiger partial charge in [0.2, 0.25) is 5.91 Å². The van der Waals surface area contributed by atoms with Crippen LogP contribution in [0.25, 0.3) is 0 Å². The molecule has 2 aliphatic rings. The molecule has 0 heterocycles. The maximum absolute atomic E-state index is 12.1. The van der Waals surface area contributed by atoms with E-state index in [0.717, 1.165) is 19.3 Å². The fourth-order valence-electron chi connectivity index (χ4n) is 3.19. The summed E-state index contributed by atoms with van der Waals surface area (Å²) in [6.45, 7) is -1.36. The number of aliphatic hydroxyl groups is 3. The Kier molecular flexibility index (Phi) is 3.70. The zero-order chi connectivity index (χ0) is 12.5. The number of nitrogens with one attached hydrogen (secondary N) is 1. The third-order valence-corrected chi connectivity index (χ3v) is 4.37. The minimum Gasteiger partial charge on any atom is -0.394 e. The van der Waals surface area contributed by atoms with E-state index >= 15 is 0 Å². The standard InChI is InChI=1S/C12H21NO4/c14-5-12(6-15,7-16)13-11(17)10-4-8-1-2-9(10)3-8/h8-10,14-16H,1-7H2,(H,13,17). The van der Waals surface area contributed by atoms with Crippen molar-refractivity contribution in [2.75, 3.05) is 19.8 Å². The van der Waals surface area contributed by atoms with Crippen LogP contribution in [0.1, 0.15) is 25.7 Å². The maximum Gasteiger partial charge on any atom is 0.224 e. The van der Waals surface area contributed by atoms with Gasteiger partial charge in [-0.15, -0.1) is 0 Å². The van der Waals surface area contributed by atoms with E-state index in [1.807, 2.05) is 0 Å². The van der Waals surface area contributed by atoms with Crippen LogP contribution in [0.4, 0.5) is 0 Å². The van der Waals surface area contributed by atoms with Crippen molar-refractivity contribution in [1.82, 2.24) is 5.32 Å². The quantitative estimate of drug-likeness (QED) is 0.512. The van der Waals surface area contributed by atoms with Gasteiger partial charge in [-0.05, 0) is 31.1 Å². The van der Waals surface area contributed by atoms with Crippen molar-refractivity contribution in [3.63, 3.8) is 0 Å².